The summed E-state index contributed by atoms with van der Waals surface area (Å²) in [5.41, 5.74) is 1.48. The van der Waals surface area contributed by atoms with E-state index in [0.717, 1.165) is 11.4 Å². The second kappa shape index (κ2) is 9.48. The van der Waals surface area contributed by atoms with Crippen LogP contribution in [0.25, 0.3) is 0 Å². The molecular weight excluding hydrogens is 396 g/mol. The lowest BCUT2D eigenvalue weighted by atomic mass is 10.2. The van der Waals surface area contributed by atoms with Crippen molar-refractivity contribution in [3.8, 4) is 11.5 Å². The van der Waals surface area contributed by atoms with Crippen molar-refractivity contribution in [2.24, 2.45) is 0 Å². The second-order valence-electron chi connectivity index (χ2n) is 6.03. The Labute approximate surface area is 173 Å². The maximum atomic E-state index is 12.8. The highest BCUT2D eigenvalue weighted by molar-refractivity contribution is 7.09. The number of benzene rings is 2. The number of hydrogen-bond donors (Lipinski definition) is 1. The Morgan fingerprint density at radius 1 is 1.11 bits per heavy atom. The molecule has 28 heavy (non-hydrogen) atoms. The van der Waals surface area contributed by atoms with E-state index in [2.05, 4.69) is 11.4 Å². The summed E-state index contributed by atoms with van der Waals surface area (Å²) in [5.74, 6) is 1.17. The second-order valence-corrected chi connectivity index (χ2v) is 7.49. The van der Waals surface area contributed by atoms with Crippen molar-refractivity contribution in [1.29, 1.82) is 0 Å². The Kier molecular flexibility index (Phi) is 6.79. The molecular formula is C21H21ClN2O3S. The molecule has 0 aliphatic heterocycles. The fourth-order valence-corrected chi connectivity index (χ4v) is 3.65. The van der Waals surface area contributed by atoms with E-state index in [1.54, 1.807) is 43.8 Å². The Morgan fingerprint density at radius 3 is 2.54 bits per heavy atom. The van der Waals surface area contributed by atoms with Crippen LogP contribution in [0.5, 0.6) is 11.5 Å². The number of ether oxygens (including phenoxy) is 2. The Bertz CT molecular complexity index is 914. The fraction of sp³-hybridized carbons (Fsp3) is 0.190. The van der Waals surface area contributed by atoms with Crippen molar-refractivity contribution in [1.82, 2.24) is 0 Å². The first kappa shape index (κ1) is 20.0. The molecule has 1 heterocycles. The summed E-state index contributed by atoms with van der Waals surface area (Å²) in [6, 6.07) is 16.8. The van der Waals surface area contributed by atoms with E-state index in [9.17, 15) is 4.79 Å². The molecule has 0 fully saturated rings. The number of anilines is 2. The fourth-order valence-electron chi connectivity index (χ4n) is 2.76. The summed E-state index contributed by atoms with van der Waals surface area (Å²) >= 11 is 7.71. The van der Waals surface area contributed by atoms with Crippen LogP contribution < -0.4 is 19.7 Å². The van der Waals surface area contributed by atoms with Gasteiger partial charge in [-0.15, -0.1) is 11.3 Å². The van der Waals surface area contributed by atoms with Crippen LogP contribution in [0.4, 0.5) is 11.4 Å². The van der Waals surface area contributed by atoms with Crippen LogP contribution in [0.2, 0.25) is 5.02 Å². The number of hydrogen-bond acceptors (Lipinski definition) is 5. The molecule has 0 aliphatic carbocycles. The molecule has 7 heteroatoms. The van der Waals surface area contributed by atoms with Crippen LogP contribution in [0.1, 0.15) is 4.88 Å². The third-order valence-electron chi connectivity index (χ3n) is 4.13. The number of carbonyl (C=O) groups is 1. The molecule has 5 nitrogen and oxygen atoms in total. The van der Waals surface area contributed by atoms with Crippen molar-refractivity contribution in [2.45, 2.75) is 6.54 Å². The molecule has 3 aromatic rings. The number of carbonyl (C=O) groups excluding carboxylic acids is 1. The molecule has 0 unspecified atom stereocenters. The predicted molar refractivity (Wildman–Crippen MR) is 115 cm³/mol. The Balaban J connectivity index is 1.78. The van der Waals surface area contributed by atoms with Crippen molar-refractivity contribution < 1.29 is 14.3 Å². The largest absolute Gasteiger partial charge is 0.497 e. The van der Waals surface area contributed by atoms with Crippen molar-refractivity contribution in [2.75, 3.05) is 31.0 Å². The normalized spacial score (nSPS) is 10.4. The molecule has 0 atom stereocenters. The number of halogens is 1. The van der Waals surface area contributed by atoms with Gasteiger partial charge in [-0.25, -0.2) is 0 Å². The van der Waals surface area contributed by atoms with Gasteiger partial charge in [-0.1, -0.05) is 17.7 Å². The minimum absolute atomic E-state index is 0.159. The summed E-state index contributed by atoms with van der Waals surface area (Å²) in [6.07, 6.45) is 0. The minimum atomic E-state index is -0.159. The van der Waals surface area contributed by atoms with Crippen LogP contribution >= 0.6 is 22.9 Å². The SMILES string of the molecule is COc1ccc(N(CC(=O)Nc2cc(Cl)ccc2OC)Cc2cccs2)cc1. The van der Waals surface area contributed by atoms with Crippen LogP contribution in [-0.2, 0) is 11.3 Å². The van der Waals surface area contributed by atoms with E-state index in [4.69, 9.17) is 21.1 Å². The molecule has 3 rings (SSSR count). The number of thiophene rings is 1. The molecule has 0 saturated carbocycles. The van der Waals surface area contributed by atoms with Crippen molar-refractivity contribution >= 4 is 40.2 Å². The maximum absolute atomic E-state index is 12.8. The molecule has 146 valence electrons. The monoisotopic (exact) mass is 416 g/mol. The van der Waals surface area contributed by atoms with E-state index >= 15 is 0 Å². The van der Waals surface area contributed by atoms with Gasteiger partial charge in [-0.2, -0.15) is 0 Å². The minimum Gasteiger partial charge on any atom is -0.497 e. The van der Waals surface area contributed by atoms with E-state index in [0.29, 0.717) is 23.0 Å². The number of amides is 1. The van der Waals surface area contributed by atoms with E-state index < -0.39 is 0 Å². The van der Waals surface area contributed by atoms with Gasteiger partial charge < -0.3 is 19.7 Å². The Hall–Kier alpha value is -2.70. The number of rotatable bonds is 8. The van der Waals surface area contributed by atoms with Crippen LogP contribution in [0, 0.1) is 0 Å². The summed E-state index contributed by atoms with van der Waals surface area (Å²) in [7, 11) is 3.18. The zero-order chi connectivity index (χ0) is 19.9. The van der Waals surface area contributed by atoms with Crippen molar-refractivity contribution in [3.63, 3.8) is 0 Å². The van der Waals surface area contributed by atoms with Crippen LogP contribution in [0.3, 0.4) is 0 Å². The van der Waals surface area contributed by atoms with Gasteiger partial charge in [0, 0.05) is 15.6 Å². The zero-order valence-corrected chi connectivity index (χ0v) is 17.2. The third kappa shape index (κ3) is 5.18. The third-order valence-corrected chi connectivity index (χ3v) is 5.23. The van der Waals surface area contributed by atoms with Crippen LogP contribution in [-0.4, -0.2) is 26.7 Å². The van der Waals surface area contributed by atoms with Gasteiger partial charge in [-0.3, -0.25) is 4.79 Å². The summed E-state index contributed by atoms with van der Waals surface area (Å²) in [6.45, 7) is 0.810. The lowest BCUT2D eigenvalue weighted by Crippen LogP contribution is -2.32. The van der Waals surface area contributed by atoms with Crippen molar-refractivity contribution in [3.05, 3.63) is 69.9 Å². The molecule has 0 saturated heterocycles. The van der Waals surface area contributed by atoms with E-state index in [-0.39, 0.29) is 12.5 Å². The number of methoxy groups -OCH3 is 2. The van der Waals surface area contributed by atoms with E-state index in [1.165, 1.54) is 4.88 Å². The summed E-state index contributed by atoms with van der Waals surface area (Å²) < 4.78 is 10.5. The topological polar surface area (TPSA) is 50.8 Å². The molecule has 0 aliphatic rings. The zero-order valence-electron chi connectivity index (χ0n) is 15.6. The number of nitrogens with one attached hydrogen (secondary N) is 1. The van der Waals surface area contributed by atoms with Gasteiger partial charge in [0.05, 0.1) is 33.0 Å². The highest BCUT2D eigenvalue weighted by atomic mass is 35.5. The lowest BCUT2D eigenvalue weighted by Gasteiger charge is -2.24. The van der Waals surface area contributed by atoms with Gasteiger partial charge in [0.2, 0.25) is 5.91 Å². The molecule has 2 aromatic carbocycles. The Morgan fingerprint density at radius 2 is 1.89 bits per heavy atom. The lowest BCUT2D eigenvalue weighted by molar-refractivity contribution is -0.115. The number of nitrogens with zero attached hydrogens (tertiary/aromatic N) is 1. The van der Waals surface area contributed by atoms with E-state index in [1.807, 2.05) is 40.6 Å². The quantitative estimate of drug-likeness (QED) is 0.557. The summed E-state index contributed by atoms with van der Waals surface area (Å²) in [4.78, 5) is 15.9. The van der Waals surface area contributed by atoms with Crippen LogP contribution in [0.15, 0.2) is 60.0 Å². The first-order valence-corrected chi connectivity index (χ1v) is 9.89. The summed E-state index contributed by atoms with van der Waals surface area (Å²) in [5, 5.41) is 5.45. The molecule has 0 bridgehead atoms. The average Bonchev–Trinajstić information content (AvgIpc) is 3.21. The molecule has 0 spiro atoms. The molecule has 0 radical (unpaired) electrons. The van der Waals surface area contributed by atoms with Gasteiger partial charge in [-0.05, 0) is 53.9 Å². The van der Waals surface area contributed by atoms with Gasteiger partial charge >= 0.3 is 0 Å². The molecule has 1 aromatic heterocycles. The smallest absolute Gasteiger partial charge is 0.244 e. The molecule has 1 amide bonds. The highest BCUT2D eigenvalue weighted by Crippen LogP contribution is 2.28. The first-order chi connectivity index (χ1) is 13.6. The van der Waals surface area contributed by atoms with Gasteiger partial charge in [0.25, 0.3) is 0 Å². The highest BCUT2D eigenvalue weighted by Gasteiger charge is 2.15. The standard InChI is InChI=1S/C21H21ClN2O3S/c1-26-17-8-6-16(7-9-17)24(13-18-4-3-11-28-18)14-21(25)23-19-12-15(22)5-10-20(19)27-2/h3-12H,13-14H2,1-2H3,(H,23,25). The van der Waals surface area contributed by atoms with Gasteiger partial charge in [0.1, 0.15) is 11.5 Å². The van der Waals surface area contributed by atoms with Gasteiger partial charge in [0.15, 0.2) is 0 Å². The maximum Gasteiger partial charge on any atom is 0.244 e. The molecule has 1 N–H and O–H groups in total. The first-order valence-electron chi connectivity index (χ1n) is 8.64. The predicted octanol–water partition coefficient (Wildman–Crippen LogP) is 5.06. The average molecular weight is 417 g/mol.